The van der Waals surface area contributed by atoms with E-state index >= 15 is 0 Å². The maximum Gasteiger partial charge on any atom is 0.255 e. The first-order valence-corrected chi connectivity index (χ1v) is 10.9. The van der Waals surface area contributed by atoms with Crippen molar-refractivity contribution in [1.82, 2.24) is 0 Å². The van der Waals surface area contributed by atoms with E-state index in [0.717, 1.165) is 16.9 Å². The van der Waals surface area contributed by atoms with Crippen LogP contribution in [-0.4, -0.2) is 31.7 Å². The number of nitrogens with zero attached hydrogens (tertiary/aromatic N) is 2. The highest BCUT2D eigenvalue weighted by Gasteiger charge is 2.34. The van der Waals surface area contributed by atoms with Gasteiger partial charge in [-0.05, 0) is 66.2 Å². The van der Waals surface area contributed by atoms with Crippen molar-refractivity contribution < 1.29 is 14.0 Å². The molecule has 0 radical (unpaired) electrons. The lowest BCUT2D eigenvalue weighted by Crippen LogP contribution is -2.27. The van der Waals surface area contributed by atoms with Crippen LogP contribution in [0.25, 0.3) is 0 Å². The van der Waals surface area contributed by atoms with Crippen LogP contribution in [-0.2, 0) is 4.79 Å². The normalized spacial score (nSPS) is 15.8. The largest absolute Gasteiger partial charge is 0.378 e. The lowest BCUT2D eigenvalue weighted by molar-refractivity contribution is -0.115. The molecule has 1 atom stereocenters. The van der Waals surface area contributed by atoms with Crippen LogP contribution in [0.1, 0.15) is 21.3 Å². The van der Waals surface area contributed by atoms with Gasteiger partial charge in [-0.15, -0.1) is 11.8 Å². The molecule has 1 aliphatic rings. The highest BCUT2D eigenvalue weighted by Crippen LogP contribution is 2.42. The highest BCUT2D eigenvalue weighted by molar-refractivity contribution is 8.00. The minimum atomic E-state index is -0.384. The van der Waals surface area contributed by atoms with Crippen molar-refractivity contribution >= 4 is 40.6 Å². The number of rotatable bonds is 5. The zero-order chi connectivity index (χ0) is 22.0. The molecule has 1 fully saturated rings. The van der Waals surface area contributed by atoms with Crippen LogP contribution in [0, 0.1) is 5.82 Å². The fourth-order valence-corrected chi connectivity index (χ4v) is 4.57. The molecule has 0 spiro atoms. The van der Waals surface area contributed by atoms with Gasteiger partial charge in [-0.3, -0.25) is 14.5 Å². The number of benzene rings is 3. The van der Waals surface area contributed by atoms with Crippen LogP contribution in [0.2, 0.25) is 0 Å². The fraction of sp³-hybridized carbons (Fsp3) is 0.167. The Labute approximate surface area is 184 Å². The Bertz CT molecular complexity index is 1080. The predicted octanol–water partition coefficient (Wildman–Crippen LogP) is 4.92. The van der Waals surface area contributed by atoms with E-state index in [1.54, 1.807) is 11.8 Å². The Kier molecular flexibility index (Phi) is 5.95. The summed E-state index contributed by atoms with van der Waals surface area (Å²) in [5, 5.41) is 2.69. The first-order chi connectivity index (χ1) is 14.9. The second-order valence-corrected chi connectivity index (χ2v) is 8.49. The number of thioether (sulfide) groups is 1. The smallest absolute Gasteiger partial charge is 0.255 e. The summed E-state index contributed by atoms with van der Waals surface area (Å²) in [6.07, 6.45) is 0. The molecule has 1 saturated heterocycles. The summed E-state index contributed by atoms with van der Waals surface area (Å²) < 4.78 is 13.0. The lowest BCUT2D eigenvalue weighted by Gasteiger charge is -2.25. The standard InChI is InChI=1S/C24H22FN3O2S/c1-27(2)20-11-13-21(14-12-20)28-22(29)15-31-24(28)17-5-9-19(10-6-17)26-23(30)16-3-7-18(25)8-4-16/h3-14,24H,15H2,1-2H3,(H,26,30). The molecule has 0 saturated carbocycles. The molecule has 5 nitrogen and oxygen atoms in total. The minimum absolute atomic E-state index is 0.0706. The van der Waals surface area contributed by atoms with Crippen molar-refractivity contribution in [3.05, 3.63) is 89.7 Å². The number of nitrogens with one attached hydrogen (secondary N) is 1. The molecule has 1 aliphatic heterocycles. The monoisotopic (exact) mass is 435 g/mol. The van der Waals surface area contributed by atoms with E-state index in [0.29, 0.717) is 17.0 Å². The Morgan fingerprint density at radius 1 is 1.00 bits per heavy atom. The van der Waals surface area contributed by atoms with Gasteiger partial charge in [-0.25, -0.2) is 4.39 Å². The number of carbonyl (C=O) groups is 2. The summed E-state index contributed by atoms with van der Waals surface area (Å²) in [6.45, 7) is 0. The van der Waals surface area contributed by atoms with Gasteiger partial charge in [0.05, 0.1) is 5.75 Å². The van der Waals surface area contributed by atoms with E-state index in [2.05, 4.69) is 5.32 Å². The zero-order valence-corrected chi connectivity index (χ0v) is 18.0. The van der Waals surface area contributed by atoms with E-state index in [-0.39, 0.29) is 23.0 Å². The number of carbonyl (C=O) groups excluding carboxylic acids is 2. The average molecular weight is 436 g/mol. The molecular weight excluding hydrogens is 413 g/mol. The highest BCUT2D eigenvalue weighted by atomic mass is 32.2. The van der Waals surface area contributed by atoms with Crippen molar-refractivity contribution in [2.45, 2.75) is 5.37 Å². The summed E-state index contributed by atoms with van der Waals surface area (Å²) >= 11 is 1.58. The topological polar surface area (TPSA) is 52.6 Å². The Balaban J connectivity index is 1.50. The summed E-state index contributed by atoms with van der Waals surface area (Å²) in [5.74, 6) is -0.198. The molecule has 1 heterocycles. The molecule has 0 aromatic heterocycles. The Morgan fingerprint density at radius 3 is 2.26 bits per heavy atom. The number of halogens is 1. The molecule has 0 bridgehead atoms. The molecule has 7 heteroatoms. The van der Waals surface area contributed by atoms with Crippen LogP contribution in [0.4, 0.5) is 21.5 Å². The number of amides is 2. The maximum absolute atomic E-state index is 13.0. The SMILES string of the molecule is CN(C)c1ccc(N2C(=O)CSC2c2ccc(NC(=O)c3ccc(F)cc3)cc2)cc1. The Morgan fingerprint density at radius 2 is 1.65 bits per heavy atom. The molecule has 2 amide bonds. The fourth-order valence-electron chi connectivity index (χ4n) is 3.40. The molecule has 3 aromatic carbocycles. The number of hydrogen-bond acceptors (Lipinski definition) is 4. The molecule has 31 heavy (non-hydrogen) atoms. The predicted molar refractivity (Wildman–Crippen MR) is 124 cm³/mol. The van der Waals surface area contributed by atoms with E-state index in [1.807, 2.05) is 72.4 Å². The van der Waals surface area contributed by atoms with Gasteiger partial charge in [0.1, 0.15) is 11.2 Å². The van der Waals surface area contributed by atoms with Crippen LogP contribution >= 0.6 is 11.8 Å². The molecule has 3 aromatic rings. The lowest BCUT2D eigenvalue weighted by atomic mass is 10.1. The van der Waals surface area contributed by atoms with Crippen LogP contribution in [0.3, 0.4) is 0 Å². The average Bonchev–Trinajstić information content (AvgIpc) is 3.16. The van der Waals surface area contributed by atoms with Crippen LogP contribution < -0.4 is 15.1 Å². The van der Waals surface area contributed by atoms with Gasteiger partial charge in [0, 0.05) is 36.7 Å². The summed E-state index contributed by atoms with van der Waals surface area (Å²) in [5.41, 5.74) is 3.93. The van der Waals surface area contributed by atoms with Gasteiger partial charge >= 0.3 is 0 Å². The van der Waals surface area contributed by atoms with E-state index in [1.165, 1.54) is 24.3 Å². The van der Waals surface area contributed by atoms with Gasteiger partial charge in [0.25, 0.3) is 5.91 Å². The second kappa shape index (κ2) is 8.81. The molecule has 1 unspecified atom stereocenters. The maximum atomic E-state index is 13.0. The van der Waals surface area contributed by atoms with Crippen molar-refractivity contribution in [3.8, 4) is 0 Å². The van der Waals surface area contributed by atoms with Gasteiger partial charge < -0.3 is 10.2 Å². The van der Waals surface area contributed by atoms with Gasteiger partial charge in [-0.2, -0.15) is 0 Å². The molecule has 4 rings (SSSR count). The first-order valence-electron chi connectivity index (χ1n) is 9.80. The third-order valence-corrected chi connectivity index (χ3v) is 6.28. The van der Waals surface area contributed by atoms with Crippen molar-refractivity contribution in [3.63, 3.8) is 0 Å². The molecule has 0 aliphatic carbocycles. The quantitative estimate of drug-likeness (QED) is 0.618. The van der Waals surface area contributed by atoms with Crippen LogP contribution in [0.5, 0.6) is 0 Å². The van der Waals surface area contributed by atoms with Gasteiger partial charge in [-0.1, -0.05) is 12.1 Å². The van der Waals surface area contributed by atoms with Crippen molar-refractivity contribution in [2.75, 3.05) is 35.0 Å². The van der Waals surface area contributed by atoms with E-state index in [9.17, 15) is 14.0 Å². The summed E-state index contributed by atoms with van der Waals surface area (Å²) in [6, 6.07) is 20.8. The second-order valence-electron chi connectivity index (χ2n) is 7.42. The minimum Gasteiger partial charge on any atom is -0.378 e. The number of hydrogen-bond donors (Lipinski definition) is 1. The third-order valence-electron chi connectivity index (χ3n) is 5.07. The van der Waals surface area contributed by atoms with E-state index < -0.39 is 0 Å². The summed E-state index contributed by atoms with van der Waals surface area (Å²) in [4.78, 5) is 28.7. The third kappa shape index (κ3) is 4.56. The molecular formula is C24H22FN3O2S. The van der Waals surface area contributed by atoms with Gasteiger partial charge in [0.15, 0.2) is 0 Å². The zero-order valence-electron chi connectivity index (χ0n) is 17.2. The first kappa shape index (κ1) is 20.9. The van der Waals surface area contributed by atoms with Gasteiger partial charge in [0.2, 0.25) is 5.91 Å². The summed E-state index contributed by atoms with van der Waals surface area (Å²) in [7, 11) is 3.95. The molecule has 158 valence electrons. The number of anilines is 3. The van der Waals surface area contributed by atoms with E-state index in [4.69, 9.17) is 0 Å². The Hall–Kier alpha value is -3.32. The van der Waals surface area contributed by atoms with Crippen molar-refractivity contribution in [2.24, 2.45) is 0 Å². The van der Waals surface area contributed by atoms with Crippen LogP contribution in [0.15, 0.2) is 72.8 Å². The van der Waals surface area contributed by atoms with Crippen molar-refractivity contribution in [1.29, 1.82) is 0 Å². The molecule has 1 N–H and O–H groups in total.